The highest BCUT2D eigenvalue weighted by molar-refractivity contribution is 5.73. The van der Waals surface area contributed by atoms with Crippen molar-refractivity contribution in [1.82, 2.24) is 4.90 Å². The molecule has 70 valence electrons. The fourth-order valence-electron chi connectivity index (χ4n) is 1.73. The molecule has 0 aromatic heterocycles. The van der Waals surface area contributed by atoms with E-state index >= 15 is 0 Å². The minimum Gasteiger partial charge on any atom is -0.351 e. The monoisotopic (exact) mass is 170 g/mol. The number of nitrogens with zero attached hydrogens (tertiary/aromatic N) is 1. The second-order valence-corrected chi connectivity index (χ2v) is 4.68. The van der Waals surface area contributed by atoms with Gasteiger partial charge in [0.05, 0.1) is 0 Å². The van der Waals surface area contributed by atoms with Gasteiger partial charge < -0.3 is 10.6 Å². The van der Waals surface area contributed by atoms with E-state index in [1.54, 1.807) is 4.90 Å². The van der Waals surface area contributed by atoms with Crippen molar-refractivity contribution in [3.63, 3.8) is 0 Å². The van der Waals surface area contributed by atoms with Crippen LogP contribution in [0.4, 0.5) is 4.79 Å². The number of rotatable bonds is 0. The molecule has 0 spiro atoms. The number of amides is 2. The number of carbonyl (C=O) groups excluding carboxylic acids is 1. The highest BCUT2D eigenvalue weighted by atomic mass is 16.2. The number of urea groups is 1. The van der Waals surface area contributed by atoms with E-state index in [9.17, 15) is 4.79 Å². The van der Waals surface area contributed by atoms with Crippen molar-refractivity contribution in [2.75, 3.05) is 6.54 Å². The molecule has 0 bridgehead atoms. The molecule has 12 heavy (non-hydrogen) atoms. The molecule has 0 aliphatic carbocycles. The van der Waals surface area contributed by atoms with E-state index in [0.717, 1.165) is 13.0 Å². The first-order chi connectivity index (χ1) is 5.29. The summed E-state index contributed by atoms with van der Waals surface area (Å²) in [6.07, 6.45) is 1.03. The maximum atomic E-state index is 11.1. The third kappa shape index (κ3) is 1.08. The van der Waals surface area contributed by atoms with Crippen molar-refractivity contribution >= 4 is 6.03 Å². The Bertz CT molecular complexity index is 209. The zero-order valence-electron chi connectivity index (χ0n) is 8.35. The van der Waals surface area contributed by atoms with Crippen molar-refractivity contribution in [3.8, 4) is 0 Å². The third-order valence-electron chi connectivity index (χ3n) is 3.56. The lowest BCUT2D eigenvalue weighted by molar-refractivity contribution is 0.115. The van der Waals surface area contributed by atoms with E-state index in [4.69, 9.17) is 5.73 Å². The van der Waals surface area contributed by atoms with Crippen LogP contribution in [0.25, 0.3) is 0 Å². The van der Waals surface area contributed by atoms with Gasteiger partial charge in [0.15, 0.2) is 0 Å². The Hall–Kier alpha value is -0.730. The Kier molecular flexibility index (Phi) is 1.85. The van der Waals surface area contributed by atoms with Crippen LogP contribution in [0, 0.1) is 5.41 Å². The van der Waals surface area contributed by atoms with Crippen LogP contribution in [0.3, 0.4) is 0 Å². The van der Waals surface area contributed by atoms with Gasteiger partial charge in [-0.15, -0.1) is 0 Å². The third-order valence-corrected chi connectivity index (χ3v) is 3.56. The van der Waals surface area contributed by atoms with Crippen LogP contribution in [-0.4, -0.2) is 23.0 Å². The molecule has 1 heterocycles. The first-order valence-corrected chi connectivity index (χ1v) is 4.36. The quantitative estimate of drug-likeness (QED) is 0.589. The molecule has 0 aromatic carbocycles. The number of carbonyl (C=O) groups is 1. The van der Waals surface area contributed by atoms with Crippen molar-refractivity contribution in [1.29, 1.82) is 0 Å². The van der Waals surface area contributed by atoms with Gasteiger partial charge in [0.25, 0.3) is 0 Å². The Morgan fingerprint density at radius 2 is 1.83 bits per heavy atom. The summed E-state index contributed by atoms with van der Waals surface area (Å²) in [7, 11) is 0. The average molecular weight is 170 g/mol. The molecule has 2 N–H and O–H groups in total. The number of likely N-dealkylation sites (tertiary alicyclic amines) is 1. The number of nitrogens with two attached hydrogens (primary N) is 1. The molecular formula is C9H18N2O. The fourth-order valence-corrected chi connectivity index (χ4v) is 1.73. The van der Waals surface area contributed by atoms with E-state index in [0.29, 0.717) is 0 Å². The fraction of sp³-hybridized carbons (Fsp3) is 0.889. The van der Waals surface area contributed by atoms with E-state index < -0.39 is 0 Å². The minimum atomic E-state index is -0.300. The highest BCUT2D eigenvalue weighted by Crippen LogP contribution is 2.44. The topological polar surface area (TPSA) is 46.3 Å². The molecule has 0 radical (unpaired) electrons. The smallest absolute Gasteiger partial charge is 0.315 e. The van der Waals surface area contributed by atoms with Gasteiger partial charge in [-0.05, 0) is 25.7 Å². The predicted molar refractivity (Wildman–Crippen MR) is 48.8 cm³/mol. The molecular weight excluding hydrogens is 152 g/mol. The molecule has 0 unspecified atom stereocenters. The number of primary amides is 1. The van der Waals surface area contributed by atoms with Crippen molar-refractivity contribution in [3.05, 3.63) is 0 Å². The lowest BCUT2D eigenvalue weighted by atomic mass is 9.75. The summed E-state index contributed by atoms with van der Waals surface area (Å²) in [5.41, 5.74) is 5.34. The summed E-state index contributed by atoms with van der Waals surface area (Å²) in [5, 5.41) is 0. The van der Waals surface area contributed by atoms with Crippen LogP contribution in [0.2, 0.25) is 0 Å². The Morgan fingerprint density at radius 1 is 1.33 bits per heavy atom. The molecule has 3 nitrogen and oxygen atoms in total. The summed E-state index contributed by atoms with van der Waals surface area (Å²) in [5.74, 6) is 0. The molecule has 0 saturated carbocycles. The molecule has 1 saturated heterocycles. The average Bonchev–Trinajstić information content (AvgIpc) is 2.03. The van der Waals surface area contributed by atoms with Gasteiger partial charge in [-0.1, -0.05) is 13.8 Å². The SMILES string of the molecule is CC1(C)CCN(C(N)=O)C1(C)C. The van der Waals surface area contributed by atoms with Crippen LogP contribution in [0.1, 0.15) is 34.1 Å². The highest BCUT2D eigenvalue weighted by Gasteiger charge is 2.48. The lowest BCUT2D eigenvalue weighted by Crippen LogP contribution is -2.51. The molecule has 1 fully saturated rings. The van der Waals surface area contributed by atoms with Gasteiger partial charge in [0, 0.05) is 12.1 Å². The second kappa shape index (κ2) is 2.38. The van der Waals surface area contributed by atoms with Crippen LogP contribution in [0.15, 0.2) is 0 Å². The maximum absolute atomic E-state index is 11.1. The zero-order chi connectivity index (χ0) is 9.57. The molecule has 1 rings (SSSR count). The number of hydrogen-bond donors (Lipinski definition) is 1. The van der Waals surface area contributed by atoms with Gasteiger partial charge in [-0.3, -0.25) is 0 Å². The first-order valence-electron chi connectivity index (χ1n) is 4.36. The summed E-state index contributed by atoms with van der Waals surface area (Å²) < 4.78 is 0. The van der Waals surface area contributed by atoms with E-state index in [1.807, 2.05) is 0 Å². The second-order valence-electron chi connectivity index (χ2n) is 4.68. The van der Waals surface area contributed by atoms with Gasteiger partial charge in [-0.2, -0.15) is 0 Å². The van der Waals surface area contributed by atoms with Crippen LogP contribution < -0.4 is 5.73 Å². The van der Waals surface area contributed by atoms with Crippen molar-refractivity contribution in [2.45, 2.75) is 39.7 Å². The van der Waals surface area contributed by atoms with E-state index in [2.05, 4.69) is 27.7 Å². The van der Waals surface area contributed by atoms with Gasteiger partial charge in [-0.25, -0.2) is 4.79 Å². The van der Waals surface area contributed by atoms with Crippen LogP contribution >= 0.6 is 0 Å². The Morgan fingerprint density at radius 3 is 2.00 bits per heavy atom. The van der Waals surface area contributed by atoms with E-state index in [-0.39, 0.29) is 17.0 Å². The van der Waals surface area contributed by atoms with Crippen molar-refractivity contribution < 1.29 is 4.79 Å². The Balaban J connectivity index is 2.93. The summed E-state index contributed by atoms with van der Waals surface area (Å²) >= 11 is 0. The largest absolute Gasteiger partial charge is 0.351 e. The van der Waals surface area contributed by atoms with Gasteiger partial charge >= 0.3 is 6.03 Å². The summed E-state index contributed by atoms with van der Waals surface area (Å²) in [6.45, 7) is 9.29. The number of hydrogen-bond acceptors (Lipinski definition) is 1. The summed E-state index contributed by atoms with van der Waals surface area (Å²) in [4.78, 5) is 12.8. The molecule has 0 aromatic rings. The zero-order valence-corrected chi connectivity index (χ0v) is 8.35. The van der Waals surface area contributed by atoms with Crippen LogP contribution in [-0.2, 0) is 0 Å². The molecule has 0 atom stereocenters. The van der Waals surface area contributed by atoms with E-state index in [1.165, 1.54) is 0 Å². The normalized spacial score (nSPS) is 25.8. The maximum Gasteiger partial charge on any atom is 0.315 e. The first kappa shape index (κ1) is 9.36. The predicted octanol–water partition coefficient (Wildman–Crippen LogP) is 1.58. The molecule has 1 aliphatic heterocycles. The van der Waals surface area contributed by atoms with Gasteiger partial charge in [0.2, 0.25) is 0 Å². The van der Waals surface area contributed by atoms with Crippen molar-refractivity contribution in [2.24, 2.45) is 11.1 Å². The standard InChI is InChI=1S/C9H18N2O/c1-8(2)5-6-11(7(10)12)9(8,3)4/h5-6H2,1-4H3,(H2,10,12). The van der Waals surface area contributed by atoms with Gasteiger partial charge in [0.1, 0.15) is 0 Å². The molecule has 1 aliphatic rings. The summed E-state index contributed by atoms with van der Waals surface area (Å²) in [6, 6.07) is -0.300. The molecule has 2 amide bonds. The lowest BCUT2D eigenvalue weighted by Gasteiger charge is -2.40. The minimum absolute atomic E-state index is 0.112. The van der Waals surface area contributed by atoms with Crippen LogP contribution in [0.5, 0.6) is 0 Å². The Labute approximate surface area is 73.9 Å². The molecule has 3 heteroatoms.